The molecule has 0 aliphatic heterocycles. The van der Waals surface area contributed by atoms with Crippen LogP contribution in [-0.4, -0.2) is 23.1 Å². The number of carbonyl (C=O) groups is 2. The Bertz CT molecular complexity index is 915. The lowest BCUT2D eigenvalue weighted by atomic mass is 10.1. The normalized spacial score (nSPS) is 10.8. The molecule has 1 heterocycles. The largest absolute Gasteiger partial charge is 0.454 e. The maximum Gasteiger partial charge on any atom is 0.326 e. The first-order chi connectivity index (χ1) is 11.1. The molecule has 3 aromatic rings. The molecule has 0 fully saturated rings. The average molecular weight is 310 g/mol. The van der Waals surface area contributed by atoms with E-state index in [1.165, 1.54) is 0 Å². The number of hydrogen-bond acceptors (Lipinski definition) is 4. The number of nitrogens with zero attached hydrogens (tertiary/aromatic N) is 1. The number of carbonyl (C=O) groups excluding carboxylic acids is 2. The molecule has 0 bridgehead atoms. The van der Waals surface area contributed by atoms with Crippen LogP contribution in [0.5, 0.6) is 0 Å². The van der Waals surface area contributed by atoms with Gasteiger partial charge in [0.25, 0.3) is 5.91 Å². The fourth-order valence-corrected chi connectivity index (χ4v) is 2.57. The summed E-state index contributed by atoms with van der Waals surface area (Å²) in [6.45, 7) is -0.580. The van der Waals surface area contributed by atoms with Crippen LogP contribution in [-0.2, 0) is 20.9 Å². The summed E-state index contributed by atoms with van der Waals surface area (Å²) < 4.78 is 6.53. The van der Waals surface area contributed by atoms with Gasteiger partial charge in [-0.25, -0.2) is 0 Å². The summed E-state index contributed by atoms with van der Waals surface area (Å²) in [7, 11) is 0. The number of para-hydroxylation sites is 2. The van der Waals surface area contributed by atoms with Gasteiger partial charge < -0.3 is 15.0 Å². The van der Waals surface area contributed by atoms with Crippen molar-refractivity contribution in [2.24, 2.45) is 5.73 Å². The third-order valence-electron chi connectivity index (χ3n) is 3.54. The van der Waals surface area contributed by atoms with Crippen molar-refractivity contribution in [2.45, 2.75) is 6.54 Å². The van der Waals surface area contributed by atoms with Crippen molar-refractivity contribution in [1.82, 2.24) is 4.57 Å². The van der Waals surface area contributed by atoms with Crippen molar-refractivity contribution in [3.8, 4) is 0 Å². The number of fused-ring (bicyclic) bond motifs is 2. The van der Waals surface area contributed by atoms with Gasteiger partial charge in [0.05, 0.1) is 11.0 Å². The molecule has 6 heteroatoms. The smallest absolute Gasteiger partial charge is 0.326 e. The van der Waals surface area contributed by atoms with Crippen LogP contribution in [0.1, 0.15) is 0 Å². The molecule has 2 N–H and O–H groups in total. The van der Waals surface area contributed by atoms with Crippen molar-refractivity contribution in [3.63, 3.8) is 0 Å². The van der Waals surface area contributed by atoms with E-state index in [1.54, 1.807) is 53.1 Å². The summed E-state index contributed by atoms with van der Waals surface area (Å²) in [5.41, 5.74) is 6.15. The van der Waals surface area contributed by atoms with Gasteiger partial charge >= 0.3 is 5.97 Å². The van der Waals surface area contributed by atoms with Crippen LogP contribution in [0.4, 0.5) is 0 Å². The van der Waals surface area contributed by atoms with Gasteiger partial charge in [-0.15, -0.1) is 0 Å². The van der Waals surface area contributed by atoms with E-state index in [0.717, 1.165) is 0 Å². The van der Waals surface area contributed by atoms with Gasteiger partial charge in [-0.05, 0) is 24.3 Å². The number of aromatic nitrogens is 1. The highest BCUT2D eigenvalue weighted by Gasteiger charge is 2.13. The first-order valence-corrected chi connectivity index (χ1v) is 7.02. The second-order valence-corrected chi connectivity index (χ2v) is 5.08. The van der Waals surface area contributed by atoms with Gasteiger partial charge in [0.2, 0.25) is 0 Å². The molecule has 0 aliphatic carbocycles. The van der Waals surface area contributed by atoms with Crippen LogP contribution in [0.3, 0.4) is 0 Å². The van der Waals surface area contributed by atoms with E-state index < -0.39 is 18.5 Å². The molecular weight excluding hydrogens is 296 g/mol. The fraction of sp³-hybridized carbons (Fsp3) is 0.118. The van der Waals surface area contributed by atoms with Crippen LogP contribution in [0.15, 0.2) is 53.3 Å². The number of primary amides is 1. The number of amides is 1. The lowest BCUT2D eigenvalue weighted by Crippen LogP contribution is -2.24. The third-order valence-corrected chi connectivity index (χ3v) is 3.54. The highest BCUT2D eigenvalue weighted by Crippen LogP contribution is 2.19. The average Bonchev–Trinajstić information content (AvgIpc) is 2.57. The number of ether oxygens (including phenoxy) is 1. The molecule has 3 rings (SSSR count). The zero-order valence-electron chi connectivity index (χ0n) is 12.2. The number of benzene rings is 2. The van der Waals surface area contributed by atoms with Gasteiger partial charge in [-0.1, -0.05) is 24.3 Å². The van der Waals surface area contributed by atoms with Crippen LogP contribution in [0.25, 0.3) is 21.8 Å². The lowest BCUT2D eigenvalue weighted by Gasteiger charge is -2.14. The van der Waals surface area contributed by atoms with Crippen LogP contribution < -0.4 is 11.2 Å². The number of hydrogen-bond donors (Lipinski definition) is 1. The van der Waals surface area contributed by atoms with E-state index >= 15 is 0 Å². The first-order valence-electron chi connectivity index (χ1n) is 7.02. The van der Waals surface area contributed by atoms with E-state index in [-0.39, 0.29) is 12.0 Å². The van der Waals surface area contributed by atoms with E-state index in [0.29, 0.717) is 21.8 Å². The molecule has 0 aliphatic rings. The maximum absolute atomic E-state index is 12.6. The summed E-state index contributed by atoms with van der Waals surface area (Å²) in [5, 5.41) is 1.04. The molecule has 0 radical (unpaired) electrons. The molecule has 6 nitrogen and oxygen atoms in total. The van der Waals surface area contributed by atoms with Gasteiger partial charge in [0.15, 0.2) is 12.0 Å². The van der Waals surface area contributed by atoms with Gasteiger partial charge in [0, 0.05) is 10.8 Å². The fourth-order valence-electron chi connectivity index (χ4n) is 2.57. The topological polar surface area (TPSA) is 91.4 Å². The quantitative estimate of drug-likeness (QED) is 0.578. The van der Waals surface area contributed by atoms with Crippen LogP contribution in [0, 0.1) is 0 Å². The summed E-state index contributed by atoms with van der Waals surface area (Å²) in [6, 6.07) is 14.1. The maximum atomic E-state index is 12.6. The van der Waals surface area contributed by atoms with Crippen molar-refractivity contribution in [2.75, 3.05) is 6.61 Å². The summed E-state index contributed by atoms with van der Waals surface area (Å²) in [6.07, 6.45) is 0. The second-order valence-electron chi connectivity index (χ2n) is 5.08. The van der Waals surface area contributed by atoms with Crippen molar-refractivity contribution < 1.29 is 14.3 Å². The second kappa shape index (κ2) is 5.92. The Kier molecular flexibility index (Phi) is 3.80. The highest BCUT2D eigenvalue weighted by atomic mass is 16.5. The Hall–Kier alpha value is -3.15. The Morgan fingerprint density at radius 3 is 2.00 bits per heavy atom. The van der Waals surface area contributed by atoms with Crippen LogP contribution in [0.2, 0.25) is 0 Å². The molecule has 2 aromatic carbocycles. The predicted molar refractivity (Wildman–Crippen MR) is 85.9 cm³/mol. The Balaban J connectivity index is 2.17. The summed E-state index contributed by atoms with van der Waals surface area (Å²) in [4.78, 5) is 35.2. The Morgan fingerprint density at radius 2 is 1.48 bits per heavy atom. The van der Waals surface area contributed by atoms with E-state index in [4.69, 9.17) is 10.5 Å². The molecule has 23 heavy (non-hydrogen) atoms. The third kappa shape index (κ3) is 2.78. The van der Waals surface area contributed by atoms with E-state index in [9.17, 15) is 14.4 Å². The summed E-state index contributed by atoms with van der Waals surface area (Å²) >= 11 is 0. The molecule has 0 atom stereocenters. The minimum Gasteiger partial charge on any atom is -0.454 e. The minimum atomic E-state index is -0.715. The molecule has 0 saturated carbocycles. The molecule has 0 saturated heterocycles. The van der Waals surface area contributed by atoms with E-state index in [2.05, 4.69) is 0 Å². The zero-order chi connectivity index (χ0) is 16.4. The minimum absolute atomic E-state index is 0.0852. The van der Waals surface area contributed by atoms with Crippen LogP contribution >= 0.6 is 0 Å². The monoisotopic (exact) mass is 310 g/mol. The zero-order valence-corrected chi connectivity index (χ0v) is 12.2. The number of pyridine rings is 1. The number of esters is 1. The molecule has 0 spiro atoms. The molecule has 0 unspecified atom stereocenters. The van der Waals surface area contributed by atoms with E-state index in [1.807, 2.05) is 0 Å². The lowest BCUT2D eigenvalue weighted by molar-refractivity contribution is -0.148. The predicted octanol–water partition coefficient (Wildman–Crippen LogP) is 1.18. The highest BCUT2D eigenvalue weighted by molar-refractivity contribution is 5.94. The SMILES string of the molecule is NC(=O)COC(=O)Cn1c2ccccc2c(=O)c2ccccc21. The standard InChI is InChI=1S/C17H14N2O4/c18-15(20)10-23-16(21)9-19-13-7-3-1-5-11(13)17(22)12-6-2-4-8-14(12)19/h1-8H,9-10H2,(H2,18,20). The first kappa shape index (κ1) is 14.8. The molecule has 1 aromatic heterocycles. The molecule has 116 valence electrons. The molecular formula is C17H14N2O4. The number of rotatable bonds is 4. The Labute approximate surface area is 131 Å². The molecule has 1 amide bonds. The van der Waals surface area contributed by atoms with Gasteiger partial charge in [0.1, 0.15) is 6.54 Å². The van der Waals surface area contributed by atoms with Crippen molar-refractivity contribution >= 4 is 33.7 Å². The number of nitrogens with two attached hydrogens (primary N) is 1. The van der Waals surface area contributed by atoms with Crippen molar-refractivity contribution in [3.05, 3.63) is 58.8 Å². The van der Waals surface area contributed by atoms with Gasteiger partial charge in [-0.2, -0.15) is 0 Å². The van der Waals surface area contributed by atoms with Crippen molar-refractivity contribution in [1.29, 1.82) is 0 Å². The Morgan fingerprint density at radius 1 is 0.957 bits per heavy atom. The summed E-state index contributed by atoms with van der Waals surface area (Å²) in [5.74, 6) is -1.31. The van der Waals surface area contributed by atoms with Gasteiger partial charge in [-0.3, -0.25) is 14.4 Å².